The molecule has 0 saturated carbocycles. The predicted molar refractivity (Wildman–Crippen MR) is 68.4 cm³/mol. The van der Waals surface area contributed by atoms with Crippen LogP contribution in [0.4, 0.5) is 0 Å². The van der Waals surface area contributed by atoms with E-state index in [0.717, 1.165) is 0 Å². The quantitative estimate of drug-likeness (QED) is 0.810. The van der Waals surface area contributed by atoms with Gasteiger partial charge in [-0.25, -0.2) is 0 Å². The van der Waals surface area contributed by atoms with E-state index >= 15 is 0 Å². The van der Waals surface area contributed by atoms with Gasteiger partial charge in [0, 0.05) is 0 Å². The van der Waals surface area contributed by atoms with Gasteiger partial charge in [0.05, 0.1) is 6.04 Å². The SMILES string of the molecule is Cc1cccc(C(N)c2ccccc2C)c1. The Morgan fingerprint density at radius 2 is 1.69 bits per heavy atom. The lowest BCUT2D eigenvalue weighted by Crippen LogP contribution is -2.13. The Kier molecular flexibility index (Phi) is 3.07. The number of hydrogen-bond donors (Lipinski definition) is 1. The molecule has 2 aromatic rings. The van der Waals surface area contributed by atoms with E-state index in [1.807, 2.05) is 12.1 Å². The smallest absolute Gasteiger partial charge is 0.0554 e. The van der Waals surface area contributed by atoms with Gasteiger partial charge < -0.3 is 5.73 Å². The molecule has 0 aliphatic rings. The van der Waals surface area contributed by atoms with Crippen LogP contribution in [-0.2, 0) is 0 Å². The first kappa shape index (κ1) is 10.9. The van der Waals surface area contributed by atoms with E-state index in [4.69, 9.17) is 5.73 Å². The molecule has 1 atom stereocenters. The molecule has 0 aliphatic carbocycles. The Bertz CT molecular complexity index is 488. The first-order valence-electron chi connectivity index (χ1n) is 5.56. The van der Waals surface area contributed by atoms with Gasteiger partial charge in [0.2, 0.25) is 0 Å². The minimum atomic E-state index is -0.0268. The molecule has 82 valence electrons. The second-order valence-corrected chi connectivity index (χ2v) is 4.25. The van der Waals surface area contributed by atoms with Gasteiger partial charge in [-0.3, -0.25) is 0 Å². The lowest BCUT2D eigenvalue weighted by molar-refractivity contribution is 0.860. The molecule has 0 bridgehead atoms. The van der Waals surface area contributed by atoms with Crippen LogP contribution in [0.15, 0.2) is 48.5 Å². The maximum absolute atomic E-state index is 6.29. The maximum atomic E-state index is 6.29. The second kappa shape index (κ2) is 4.50. The van der Waals surface area contributed by atoms with Gasteiger partial charge in [0.1, 0.15) is 0 Å². The van der Waals surface area contributed by atoms with Crippen LogP contribution in [0.5, 0.6) is 0 Å². The molecule has 0 spiro atoms. The highest BCUT2D eigenvalue weighted by Crippen LogP contribution is 2.22. The van der Waals surface area contributed by atoms with Gasteiger partial charge in [-0.2, -0.15) is 0 Å². The van der Waals surface area contributed by atoms with Crippen LogP contribution >= 0.6 is 0 Å². The zero-order chi connectivity index (χ0) is 11.5. The average molecular weight is 211 g/mol. The summed E-state index contributed by atoms with van der Waals surface area (Å²) < 4.78 is 0. The molecule has 0 fully saturated rings. The fourth-order valence-electron chi connectivity index (χ4n) is 1.98. The summed E-state index contributed by atoms with van der Waals surface area (Å²) in [5, 5.41) is 0. The summed E-state index contributed by atoms with van der Waals surface area (Å²) in [4.78, 5) is 0. The summed E-state index contributed by atoms with van der Waals surface area (Å²) in [6.07, 6.45) is 0. The van der Waals surface area contributed by atoms with E-state index in [-0.39, 0.29) is 6.04 Å². The lowest BCUT2D eigenvalue weighted by atomic mass is 9.95. The van der Waals surface area contributed by atoms with Crippen LogP contribution < -0.4 is 5.73 Å². The van der Waals surface area contributed by atoms with Crippen LogP contribution in [0.2, 0.25) is 0 Å². The monoisotopic (exact) mass is 211 g/mol. The van der Waals surface area contributed by atoms with Crippen molar-refractivity contribution in [1.82, 2.24) is 0 Å². The maximum Gasteiger partial charge on any atom is 0.0554 e. The summed E-state index contributed by atoms with van der Waals surface area (Å²) in [6, 6.07) is 16.6. The average Bonchev–Trinajstić information content (AvgIpc) is 2.29. The van der Waals surface area contributed by atoms with Gasteiger partial charge in [0.15, 0.2) is 0 Å². The number of aryl methyl sites for hydroxylation is 2. The summed E-state index contributed by atoms with van der Waals surface area (Å²) in [5.74, 6) is 0. The Labute approximate surface area is 96.9 Å². The van der Waals surface area contributed by atoms with Crippen molar-refractivity contribution in [2.24, 2.45) is 5.73 Å². The van der Waals surface area contributed by atoms with Crippen molar-refractivity contribution in [2.75, 3.05) is 0 Å². The van der Waals surface area contributed by atoms with Gasteiger partial charge in [-0.15, -0.1) is 0 Å². The molecule has 0 radical (unpaired) electrons. The highest BCUT2D eigenvalue weighted by molar-refractivity contribution is 5.37. The number of benzene rings is 2. The summed E-state index contributed by atoms with van der Waals surface area (Å²) in [5.41, 5.74) is 11.2. The molecular weight excluding hydrogens is 194 g/mol. The van der Waals surface area contributed by atoms with Crippen molar-refractivity contribution in [3.63, 3.8) is 0 Å². The molecule has 0 aromatic heterocycles. The van der Waals surface area contributed by atoms with E-state index in [9.17, 15) is 0 Å². The molecule has 0 amide bonds. The Balaban J connectivity index is 2.39. The first-order valence-corrected chi connectivity index (χ1v) is 5.56. The second-order valence-electron chi connectivity index (χ2n) is 4.25. The predicted octanol–water partition coefficient (Wildman–Crippen LogP) is 3.35. The fraction of sp³-hybridized carbons (Fsp3) is 0.200. The van der Waals surface area contributed by atoms with Crippen LogP contribution in [0, 0.1) is 13.8 Å². The van der Waals surface area contributed by atoms with Crippen molar-refractivity contribution in [3.05, 3.63) is 70.8 Å². The summed E-state index contributed by atoms with van der Waals surface area (Å²) in [6.45, 7) is 4.19. The zero-order valence-electron chi connectivity index (χ0n) is 9.77. The summed E-state index contributed by atoms with van der Waals surface area (Å²) >= 11 is 0. The lowest BCUT2D eigenvalue weighted by Gasteiger charge is -2.15. The minimum absolute atomic E-state index is 0.0268. The zero-order valence-corrected chi connectivity index (χ0v) is 9.77. The first-order chi connectivity index (χ1) is 7.68. The van der Waals surface area contributed by atoms with Crippen LogP contribution in [0.1, 0.15) is 28.3 Å². The van der Waals surface area contributed by atoms with Gasteiger partial charge >= 0.3 is 0 Å². The summed E-state index contributed by atoms with van der Waals surface area (Å²) in [7, 11) is 0. The third-order valence-electron chi connectivity index (χ3n) is 2.92. The van der Waals surface area contributed by atoms with E-state index < -0.39 is 0 Å². The third-order valence-corrected chi connectivity index (χ3v) is 2.92. The molecule has 16 heavy (non-hydrogen) atoms. The third kappa shape index (κ3) is 2.15. The van der Waals surface area contributed by atoms with Crippen molar-refractivity contribution in [1.29, 1.82) is 0 Å². The molecule has 2 rings (SSSR count). The number of nitrogens with two attached hydrogens (primary N) is 1. The Hall–Kier alpha value is -1.60. The van der Waals surface area contributed by atoms with E-state index in [1.54, 1.807) is 0 Å². The van der Waals surface area contributed by atoms with E-state index in [2.05, 4.69) is 50.2 Å². The molecule has 0 aliphatic heterocycles. The molecule has 2 aromatic carbocycles. The van der Waals surface area contributed by atoms with E-state index in [0.29, 0.717) is 0 Å². The normalized spacial score (nSPS) is 12.4. The molecule has 1 nitrogen and oxygen atoms in total. The molecule has 1 unspecified atom stereocenters. The number of rotatable bonds is 2. The molecule has 0 saturated heterocycles. The molecule has 2 N–H and O–H groups in total. The molecule has 0 heterocycles. The van der Waals surface area contributed by atoms with Gasteiger partial charge in [-0.05, 0) is 30.5 Å². The van der Waals surface area contributed by atoms with Crippen LogP contribution in [0.25, 0.3) is 0 Å². The van der Waals surface area contributed by atoms with Crippen LogP contribution in [0.3, 0.4) is 0 Å². The fourth-order valence-corrected chi connectivity index (χ4v) is 1.98. The standard InChI is InChI=1S/C15H17N/c1-11-6-5-8-13(10-11)15(16)14-9-4-3-7-12(14)2/h3-10,15H,16H2,1-2H3. The Morgan fingerprint density at radius 3 is 2.38 bits per heavy atom. The molecular formula is C15H17N. The topological polar surface area (TPSA) is 26.0 Å². The van der Waals surface area contributed by atoms with Crippen LogP contribution in [-0.4, -0.2) is 0 Å². The molecule has 1 heteroatoms. The van der Waals surface area contributed by atoms with E-state index in [1.165, 1.54) is 22.3 Å². The largest absolute Gasteiger partial charge is 0.320 e. The van der Waals surface area contributed by atoms with Gasteiger partial charge in [0.25, 0.3) is 0 Å². The van der Waals surface area contributed by atoms with Crippen molar-refractivity contribution < 1.29 is 0 Å². The van der Waals surface area contributed by atoms with Gasteiger partial charge in [-0.1, -0.05) is 54.1 Å². The number of hydrogen-bond acceptors (Lipinski definition) is 1. The van der Waals surface area contributed by atoms with Crippen molar-refractivity contribution in [2.45, 2.75) is 19.9 Å². The minimum Gasteiger partial charge on any atom is -0.320 e. The van der Waals surface area contributed by atoms with Crippen molar-refractivity contribution in [3.8, 4) is 0 Å². The highest BCUT2D eigenvalue weighted by atomic mass is 14.6. The Morgan fingerprint density at radius 1 is 0.938 bits per heavy atom. The highest BCUT2D eigenvalue weighted by Gasteiger charge is 2.10. The van der Waals surface area contributed by atoms with Crippen molar-refractivity contribution >= 4 is 0 Å².